The molecule has 1 aromatic heterocycles. The van der Waals surface area contributed by atoms with Gasteiger partial charge in [0.1, 0.15) is 18.1 Å². The fourth-order valence-corrected chi connectivity index (χ4v) is 4.03. The first-order chi connectivity index (χ1) is 16.6. The molecule has 0 saturated heterocycles. The van der Waals surface area contributed by atoms with Gasteiger partial charge in [-0.25, -0.2) is 4.68 Å². The van der Waals surface area contributed by atoms with Gasteiger partial charge in [0.25, 0.3) is 5.91 Å². The summed E-state index contributed by atoms with van der Waals surface area (Å²) in [5, 5.41) is 4.77. The van der Waals surface area contributed by atoms with Crippen molar-refractivity contribution in [3.8, 4) is 34.2 Å². The molecule has 2 heterocycles. The van der Waals surface area contributed by atoms with Crippen LogP contribution < -0.4 is 14.2 Å². The number of aromatic nitrogens is 2. The molecule has 34 heavy (non-hydrogen) atoms. The lowest BCUT2D eigenvalue weighted by Gasteiger charge is -2.29. The summed E-state index contributed by atoms with van der Waals surface area (Å²) in [5.74, 6) is 1.89. The van der Waals surface area contributed by atoms with E-state index in [1.807, 2.05) is 78.9 Å². The smallest absolute Gasteiger partial charge is 0.257 e. The van der Waals surface area contributed by atoms with Gasteiger partial charge >= 0.3 is 0 Å². The third-order valence-electron chi connectivity index (χ3n) is 5.72. The predicted molar refractivity (Wildman–Crippen MR) is 129 cm³/mol. The van der Waals surface area contributed by atoms with Gasteiger partial charge in [-0.1, -0.05) is 42.5 Å². The van der Waals surface area contributed by atoms with Crippen molar-refractivity contribution < 1.29 is 19.0 Å². The zero-order valence-corrected chi connectivity index (χ0v) is 19.0. The summed E-state index contributed by atoms with van der Waals surface area (Å²) in [6, 6.07) is 24.8. The SMILES string of the molecule is COc1ccccc1-c1nn(-c2ccccc2)cc1C(=O)N(C)CC1COc2ccccc2O1. The Balaban J connectivity index is 1.46. The van der Waals surface area contributed by atoms with E-state index >= 15 is 0 Å². The maximum Gasteiger partial charge on any atom is 0.257 e. The van der Waals surface area contributed by atoms with Crippen molar-refractivity contribution in [2.75, 3.05) is 27.3 Å². The van der Waals surface area contributed by atoms with Crippen molar-refractivity contribution in [1.29, 1.82) is 0 Å². The van der Waals surface area contributed by atoms with Crippen molar-refractivity contribution in [2.45, 2.75) is 6.10 Å². The number of benzene rings is 3. The van der Waals surface area contributed by atoms with Crippen LogP contribution in [0, 0.1) is 0 Å². The monoisotopic (exact) mass is 455 g/mol. The highest BCUT2D eigenvalue weighted by Crippen LogP contribution is 2.33. The van der Waals surface area contributed by atoms with E-state index in [1.54, 1.807) is 29.9 Å². The van der Waals surface area contributed by atoms with Crippen LogP contribution in [0.15, 0.2) is 85.1 Å². The zero-order chi connectivity index (χ0) is 23.5. The Hall–Kier alpha value is -4.26. The van der Waals surface area contributed by atoms with E-state index in [0.29, 0.717) is 35.9 Å². The molecule has 7 heteroatoms. The van der Waals surface area contributed by atoms with Crippen LogP contribution in [-0.4, -0.2) is 54.0 Å². The molecular formula is C27H25N3O4. The lowest BCUT2D eigenvalue weighted by Crippen LogP contribution is -2.41. The van der Waals surface area contributed by atoms with Crippen molar-refractivity contribution in [2.24, 2.45) is 0 Å². The topological polar surface area (TPSA) is 65.8 Å². The van der Waals surface area contributed by atoms with E-state index in [0.717, 1.165) is 17.0 Å². The fourth-order valence-electron chi connectivity index (χ4n) is 4.03. The van der Waals surface area contributed by atoms with Crippen LogP contribution in [0.3, 0.4) is 0 Å². The van der Waals surface area contributed by atoms with Crippen LogP contribution in [0.4, 0.5) is 0 Å². The lowest BCUT2D eigenvalue weighted by atomic mass is 10.1. The lowest BCUT2D eigenvalue weighted by molar-refractivity contribution is 0.0521. The zero-order valence-electron chi connectivity index (χ0n) is 19.0. The highest BCUT2D eigenvalue weighted by Gasteiger charge is 2.27. The molecule has 1 atom stereocenters. The molecular weight excluding hydrogens is 430 g/mol. The van der Waals surface area contributed by atoms with Crippen LogP contribution in [0.1, 0.15) is 10.4 Å². The van der Waals surface area contributed by atoms with Gasteiger partial charge in [0, 0.05) is 18.8 Å². The Morgan fingerprint density at radius 3 is 2.53 bits per heavy atom. The summed E-state index contributed by atoms with van der Waals surface area (Å²) in [4.78, 5) is 15.3. The Morgan fingerprint density at radius 1 is 1.03 bits per heavy atom. The van der Waals surface area contributed by atoms with E-state index in [4.69, 9.17) is 19.3 Å². The number of ether oxygens (including phenoxy) is 3. The Bertz CT molecular complexity index is 1300. The molecule has 1 amide bonds. The molecule has 0 fully saturated rings. The van der Waals surface area contributed by atoms with E-state index in [1.165, 1.54) is 0 Å². The minimum absolute atomic E-state index is 0.162. The molecule has 0 radical (unpaired) electrons. The maximum atomic E-state index is 13.6. The number of carbonyl (C=O) groups excluding carboxylic acids is 1. The second-order valence-electron chi connectivity index (χ2n) is 8.06. The van der Waals surface area contributed by atoms with E-state index < -0.39 is 0 Å². The highest BCUT2D eigenvalue weighted by molar-refractivity contribution is 6.00. The first-order valence-corrected chi connectivity index (χ1v) is 11.1. The van der Waals surface area contributed by atoms with Crippen molar-refractivity contribution in [3.05, 3.63) is 90.6 Å². The molecule has 0 bridgehead atoms. The van der Waals surface area contributed by atoms with Crippen LogP contribution in [0.25, 0.3) is 16.9 Å². The molecule has 172 valence electrons. The van der Waals surface area contributed by atoms with Crippen LogP contribution >= 0.6 is 0 Å². The Labute approximate surface area is 198 Å². The average Bonchev–Trinajstić information content (AvgIpc) is 3.34. The molecule has 0 spiro atoms. The number of fused-ring (bicyclic) bond motifs is 1. The van der Waals surface area contributed by atoms with Gasteiger partial charge < -0.3 is 19.1 Å². The molecule has 7 nitrogen and oxygen atoms in total. The predicted octanol–water partition coefficient (Wildman–Crippen LogP) is 4.46. The number of hydrogen-bond donors (Lipinski definition) is 0. The number of amides is 1. The number of rotatable bonds is 6. The molecule has 0 aliphatic carbocycles. The van der Waals surface area contributed by atoms with Gasteiger partial charge in [0.15, 0.2) is 17.6 Å². The Kier molecular flexibility index (Phi) is 5.91. The number of methoxy groups -OCH3 is 1. The van der Waals surface area contributed by atoms with Crippen molar-refractivity contribution >= 4 is 5.91 Å². The number of likely N-dealkylation sites (N-methyl/N-ethyl adjacent to an activating group) is 1. The quantitative estimate of drug-likeness (QED) is 0.430. The standard InChI is InChI=1S/C27H25N3O4/c1-29(16-20-18-33-24-14-8-9-15-25(24)34-20)27(31)22-17-30(19-10-4-3-5-11-19)28-26(22)21-12-6-7-13-23(21)32-2/h3-15,17,20H,16,18H2,1-2H3. The van der Waals surface area contributed by atoms with Crippen LogP contribution in [0.2, 0.25) is 0 Å². The second kappa shape index (κ2) is 9.31. The van der Waals surface area contributed by atoms with Crippen molar-refractivity contribution in [1.82, 2.24) is 14.7 Å². The Morgan fingerprint density at radius 2 is 1.74 bits per heavy atom. The van der Waals surface area contributed by atoms with Crippen LogP contribution in [-0.2, 0) is 0 Å². The summed E-state index contributed by atoms with van der Waals surface area (Å²) in [7, 11) is 3.37. The molecule has 4 aromatic rings. The number of carbonyl (C=O) groups is 1. The molecule has 0 N–H and O–H groups in total. The minimum atomic E-state index is -0.275. The molecule has 1 aliphatic heterocycles. The molecule has 0 saturated carbocycles. The average molecular weight is 456 g/mol. The third kappa shape index (κ3) is 4.20. The first kappa shape index (κ1) is 21.6. The van der Waals surface area contributed by atoms with Gasteiger partial charge in [0.05, 0.1) is 24.9 Å². The summed E-state index contributed by atoms with van der Waals surface area (Å²) in [6.45, 7) is 0.742. The minimum Gasteiger partial charge on any atom is -0.496 e. The normalized spacial score (nSPS) is 14.5. The van der Waals surface area contributed by atoms with E-state index in [9.17, 15) is 4.79 Å². The largest absolute Gasteiger partial charge is 0.496 e. The maximum absolute atomic E-state index is 13.6. The second-order valence-corrected chi connectivity index (χ2v) is 8.06. The number of hydrogen-bond acceptors (Lipinski definition) is 5. The summed E-state index contributed by atoms with van der Waals surface area (Å²) in [6.07, 6.45) is 1.49. The molecule has 1 unspecified atom stereocenters. The fraction of sp³-hybridized carbons (Fsp3) is 0.185. The third-order valence-corrected chi connectivity index (χ3v) is 5.72. The molecule has 3 aromatic carbocycles. The molecule has 1 aliphatic rings. The van der Waals surface area contributed by atoms with Gasteiger partial charge in [-0.05, 0) is 36.4 Å². The van der Waals surface area contributed by atoms with E-state index in [2.05, 4.69) is 0 Å². The van der Waals surface area contributed by atoms with Crippen LogP contribution in [0.5, 0.6) is 17.2 Å². The highest BCUT2D eigenvalue weighted by atomic mass is 16.6. The number of para-hydroxylation sites is 4. The first-order valence-electron chi connectivity index (χ1n) is 11.1. The summed E-state index contributed by atoms with van der Waals surface area (Å²) in [5.41, 5.74) is 2.65. The van der Waals surface area contributed by atoms with Gasteiger partial charge in [-0.2, -0.15) is 5.10 Å². The van der Waals surface area contributed by atoms with Crippen molar-refractivity contribution in [3.63, 3.8) is 0 Å². The van der Waals surface area contributed by atoms with Gasteiger partial charge in [-0.15, -0.1) is 0 Å². The van der Waals surface area contributed by atoms with Gasteiger partial charge in [0.2, 0.25) is 0 Å². The van der Waals surface area contributed by atoms with E-state index in [-0.39, 0.29) is 12.0 Å². The summed E-state index contributed by atoms with van der Waals surface area (Å²) < 4.78 is 19.1. The molecule has 5 rings (SSSR count). The number of nitrogens with zero attached hydrogens (tertiary/aromatic N) is 3. The summed E-state index contributed by atoms with van der Waals surface area (Å²) >= 11 is 0. The van der Waals surface area contributed by atoms with Gasteiger partial charge in [-0.3, -0.25) is 4.79 Å².